The molecule has 4 unspecified atom stereocenters. The number of hydrogen-bond donors (Lipinski definition) is 1. The van der Waals surface area contributed by atoms with Gasteiger partial charge in [0, 0.05) is 39.9 Å². The van der Waals surface area contributed by atoms with Gasteiger partial charge in [-0.1, -0.05) is 84.7 Å². The number of Topliss-reactive ketones (excluding diaryl/α,β-unsaturated/α-hetero) is 1. The summed E-state index contributed by atoms with van der Waals surface area (Å²) in [7, 11) is 0. The molecule has 1 aliphatic rings. The Morgan fingerprint density at radius 2 is 1.38 bits per heavy atom. The first-order chi connectivity index (χ1) is 16.4. The van der Waals surface area contributed by atoms with E-state index in [-0.39, 0.29) is 35.4 Å². The molecule has 4 atom stereocenters. The molecule has 3 aromatic rings. The largest absolute Gasteiger partial charge is 0.355 e. The number of halogens is 2. The van der Waals surface area contributed by atoms with Crippen molar-refractivity contribution in [1.29, 1.82) is 0 Å². The summed E-state index contributed by atoms with van der Waals surface area (Å²) in [5.74, 6) is 0.199. The van der Waals surface area contributed by atoms with E-state index in [1.165, 1.54) is 0 Å². The molecule has 0 bridgehead atoms. The second-order valence-electron chi connectivity index (χ2n) is 9.18. The van der Waals surface area contributed by atoms with Gasteiger partial charge in [0.25, 0.3) is 0 Å². The summed E-state index contributed by atoms with van der Waals surface area (Å²) in [6, 6.07) is 25.1. The molecule has 0 aromatic heterocycles. The van der Waals surface area contributed by atoms with Crippen LogP contribution in [-0.4, -0.2) is 18.2 Å². The number of hydrogen-bond acceptors (Lipinski definition) is 2. The normalized spacial score (nSPS) is 19.4. The van der Waals surface area contributed by atoms with Crippen molar-refractivity contribution in [2.45, 2.75) is 38.0 Å². The lowest BCUT2D eigenvalue weighted by atomic mass is 9.82. The molecule has 1 aliphatic carbocycles. The first-order valence-corrected chi connectivity index (χ1v) is 12.6. The molecule has 1 N–H and O–H groups in total. The van der Waals surface area contributed by atoms with E-state index in [0.29, 0.717) is 23.0 Å². The number of nitrogens with one attached hydrogen (secondary N) is 1. The van der Waals surface area contributed by atoms with E-state index in [0.717, 1.165) is 29.5 Å². The maximum absolute atomic E-state index is 13.1. The van der Waals surface area contributed by atoms with Crippen molar-refractivity contribution < 1.29 is 9.59 Å². The van der Waals surface area contributed by atoms with E-state index in [1.807, 2.05) is 78.9 Å². The summed E-state index contributed by atoms with van der Waals surface area (Å²) >= 11 is 12.2. The first-order valence-electron chi connectivity index (χ1n) is 11.8. The summed E-state index contributed by atoms with van der Waals surface area (Å²) in [6.07, 6.45) is 2.11. The molecule has 3 aromatic carbocycles. The minimum atomic E-state index is -0.130. The molecular formula is C29H29Cl2NO2. The fraction of sp³-hybridized carbons (Fsp3) is 0.310. The zero-order chi connectivity index (χ0) is 24.1. The maximum Gasteiger partial charge on any atom is 0.223 e. The van der Waals surface area contributed by atoms with Crippen LogP contribution in [0.15, 0.2) is 78.9 Å². The van der Waals surface area contributed by atoms with Crippen molar-refractivity contribution in [3.8, 4) is 0 Å². The van der Waals surface area contributed by atoms with Crippen molar-refractivity contribution >= 4 is 34.9 Å². The highest BCUT2D eigenvalue weighted by Gasteiger charge is 2.34. The zero-order valence-electron chi connectivity index (χ0n) is 19.2. The number of benzene rings is 3. The van der Waals surface area contributed by atoms with Gasteiger partial charge >= 0.3 is 0 Å². The summed E-state index contributed by atoms with van der Waals surface area (Å²) in [4.78, 5) is 25.9. The van der Waals surface area contributed by atoms with Crippen LogP contribution in [0.5, 0.6) is 0 Å². The van der Waals surface area contributed by atoms with Crippen LogP contribution >= 0.6 is 23.2 Å². The fourth-order valence-electron chi connectivity index (χ4n) is 4.94. The van der Waals surface area contributed by atoms with Crippen LogP contribution in [-0.2, 0) is 4.79 Å². The number of ketones is 1. The lowest BCUT2D eigenvalue weighted by Gasteiger charge is -2.26. The fourth-order valence-corrected chi connectivity index (χ4v) is 5.19. The lowest BCUT2D eigenvalue weighted by Crippen LogP contribution is -2.34. The van der Waals surface area contributed by atoms with Crippen LogP contribution < -0.4 is 5.32 Å². The number of carbonyl (C=O) groups excluding carboxylic acids is 2. The first kappa shape index (κ1) is 24.5. The maximum atomic E-state index is 13.1. The summed E-state index contributed by atoms with van der Waals surface area (Å²) in [6.45, 7) is 2.68. The van der Waals surface area contributed by atoms with Gasteiger partial charge in [0.15, 0.2) is 5.78 Å². The van der Waals surface area contributed by atoms with E-state index < -0.39 is 0 Å². The molecule has 1 amide bonds. The third-order valence-corrected chi connectivity index (χ3v) is 7.53. The molecule has 1 saturated carbocycles. The van der Waals surface area contributed by atoms with Gasteiger partial charge in [0.1, 0.15) is 0 Å². The lowest BCUT2D eigenvalue weighted by molar-refractivity contribution is -0.124. The molecule has 34 heavy (non-hydrogen) atoms. The molecule has 0 spiro atoms. The van der Waals surface area contributed by atoms with Crippen LogP contribution in [0.25, 0.3) is 0 Å². The summed E-state index contributed by atoms with van der Waals surface area (Å²) < 4.78 is 0. The van der Waals surface area contributed by atoms with Gasteiger partial charge in [-0.2, -0.15) is 0 Å². The Labute approximate surface area is 211 Å². The molecule has 5 heteroatoms. The highest BCUT2D eigenvalue weighted by Crippen LogP contribution is 2.35. The Kier molecular flexibility index (Phi) is 8.07. The van der Waals surface area contributed by atoms with Gasteiger partial charge < -0.3 is 5.32 Å². The van der Waals surface area contributed by atoms with Crippen LogP contribution in [0.2, 0.25) is 10.0 Å². The van der Waals surface area contributed by atoms with E-state index in [4.69, 9.17) is 23.2 Å². The minimum Gasteiger partial charge on any atom is -0.355 e. The topological polar surface area (TPSA) is 46.2 Å². The second-order valence-corrected chi connectivity index (χ2v) is 10.1. The predicted octanol–water partition coefficient (Wildman–Crippen LogP) is 7.30. The molecule has 4 rings (SSSR count). The molecule has 3 nitrogen and oxygen atoms in total. The van der Waals surface area contributed by atoms with E-state index >= 15 is 0 Å². The Balaban J connectivity index is 1.42. The summed E-state index contributed by atoms with van der Waals surface area (Å²) in [5, 5.41) is 4.58. The van der Waals surface area contributed by atoms with E-state index in [9.17, 15) is 9.59 Å². The molecule has 0 radical (unpaired) electrons. The monoisotopic (exact) mass is 493 g/mol. The summed E-state index contributed by atoms with van der Waals surface area (Å²) in [5.41, 5.74) is 3.01. The standard InChI is InChI=1S/C29H29Cl2NO2/c1-19(20-9-13-25(30)14-10-20)27(21-11-15-26(31)16-12-21)18-32-29(34)24-8-7-23(17-24)28(33)22-5-3-2-4-6-22/h2-6,9-16,19,23-24,27H,7-8,17-18H2,1H3,(H,32,34). The Hall–Kier alpha value is -2.62. The van der Waals surface area contributed by atoms with Gasteiger partial charge in [-0.25, -0.2) is 0 Å². The third-order valence-electron chi connectivity index (χ3n) is 7.03. The van der Waals surface area contributed by atoms with Crippen LogP contribution in [0.4, 0.5) is 0 Å². The third kappa shape index (κ3) is 5.89. The number of amides is 1. The van der Waals surface area contributed by atoms with Crippen LogP contribution in [0.1, 0.15) is 59.5 Å². The molecule has 1 fully saturated rings. The molecule has 0 heterocycles. The van der Waals surface area contributed by atoms with Crippen molar-refractivity contribution in [1.82, 2.24) is 5.32 Å². The smallest absolute Gasteiger partial charge is 0.223 e. The van der Waals surface area contributed by atoms with Crippen molar-refractivity contribution in [2.24, 2.45) is 11.8 Å². The van der Waals surface area contributed by atoms with Gasteiger partial charge in [-0.05, 0) is 60.6 Å². The second kappa shape index (κ2) is 11.2. The highest BCUT2D eigenvalue weighted by atomic mass is 35.5. The van der Waals surface area contributed by atoms with Crippen molar-refractivity contribution in [2.75, 3.05) is 6.54 Å². The molecule has 0 aliphatic heterocycles. The SMILES string of the molecule is CC(c1ccc(Cl)cc1)C(CNC(=O)C1CCC(C(=O)c2ccccc2)C1)c1ccc(Cl)cc1. The van der Waals surface area contributed by atoms with Gasteiger partial charge in [0.05, 0.1) is 0 Å². The van der Waals surface area contributed by atoms with Gasteiger partial charge in [-0.15, -0.1) is 0 Å². The average Bonchev–Trinajstić information content (AvgIpc) is 3.36. The van der Waals surface area contributed by atoms with E-state index in [1.54, 1.807) is 0 Å². The number of carbonyl (C=O) groups is 2. The van der Waals surface area contributed by atoms with Gasteiger partial charge in [-0.3, -0.25) is 9.59 Å². The minimum absolute atomic E-state index is 0.0330. The van der Waals surface area contributed by atoms with Gasteiger partial charge in [0.2, 0.25) is 5.91 Å². The molecule has 0 saturated heterocycles. The van der Waals surface area contributed by atoms with E-state index in [2.05, 4.69) is 12.2 Å². The van der Waals surface area contributed by atoms with Crippen molar-refractivity contribution in [3.63, 3.8) is 0 Å². The van der Waals surface area contributed by atoms with Crippen molar-refractivity contribution in [3.05, 3.63) is 106 Å². The highest BCUT2D eigenvalue weighted by molar-refractivity contribution is 6.30. The molecular weight excluding hydrogens is 465 g/mol. The average molecular weight is 494 g/mol. The predicted molar refractivity (Wildman–Crippen MR) is 139 cm³/mol. The zero-order valence-corrected chi connectivity index (χ0v) is 20.7. The van der Waals surface area contributed by atoms with Crippen LogP contribution in [0, 0.1) is 11.8 Å². The number of rotatable bonds is 8. The Morgan fingerprint density at radius 3 is 2.00 bits per heavy atom. The quantitative estimate of drug-likeness (QED) is 0.334. The molecule has 176 valence electrons. The Morgan fingerprint density at radius 1 is 0.824 bits per heavy atom. The Bertz CT molecular complexity index is 1110. The van der Waals surface area contributed by atoms with Crippen LogP contribution in [0.3, 0.4) is 0 Å².